The van der Waals surface area contributed by atoms with Gasteiger partial charge in [0.25, 0.3) is 0 Å². The molecule has 0 aliphatic heterocycles. The number of allylic oxidation sites excluding steroid dienone is 4. The predicted octanol–water partition coefficient (Wildman–Crippen LogP) is 8.08. The summed E-state index contributed by atoms with van der Waals surface area (Å²) in [7, 11) is 3.63. The Morgan fingerprint density at radius 3 is 1.23 bits per heavy atom. The van der Waals surface area contributed by atoms with E-state index in [2.05, 4.69) is 72.6 Å². The molecule has 2 rings (SSSR count). The van der Waals surface area contributed by atoms with Crippen LogP contribution < -0.4 is 0 Å². The molecule has 4 nitrogen and oxygen atoms in total. The van der Waals surface area contributed by atoms with Crippen LogP contribution in [0.15, 0.2) is 94.2 Å². The average molecular weight is 522 g/mol. The number of hydrogen-bond acceptors (Lipinski definition) is 2. The van der Waals surface area contributed by atoms with E-state index in [1.165, 1.54) is 0 Å². The van der Waals surface area contributed by atoms with Crippen molar-refractivity contribution in [2.24, 2.45) is 21.8 Å². The Hall–Kier alpha value is -2.62. The molecule has 0 saturated carbocycles. The van der Waals surface area contributed by atoms with Crippen molar-refractivity contribution in [2.75, 3.05) is 27.2 Å². The van der Waals surface area contributed by atoms with Crippen LogP contribution in [0, 0.1) is 11.8 Å². The standard InChI is InChI=1S/2C15H21N2.Cu/c2*1-12(2)11-17-13(3)10-15(16-4)14-8-6-5-7-9-14;/h2*5-10,12H,11H2,1-4H3;/q2*-1;+2/b2*13-10-,16-15?;. The predicted molar refractivity (Wildman–Crippen MR) is 151 cm³/mol. The van der Waals surface area contributed by atoms with Gasteiger partial charge in [-0.1, -0.05) is 126 Å². The van der Waals surface area contributed by atoms with E-state index in [-0.39, 0.29) is 17.1 Å². The molecule has 0 unspecified atom stereocenters. The molecule has 35 heavy (non-hydrogen) atoms. The maximum Gasteiger partial charge on any atom is 2.00 e. The maximum absolute atomic E-state index is 4.52. The Morgan fingerprint density at radius 1 is 0.657 bits per heavy atom. The molecule has 0 aliphatic carbocycles. The Kier molecular flexibility index (Phi) is 17.3. The van der Waals surface area contributed by atoms with Gasteiger partial charge in [-0.05, 0) is 11.1 Å². The summed E-state index contributed by atoms with van der Waals surface area (Å²) in [4.78, 5) is 8.61. The largest absolute Gasteiger partial charge is 2.00 e. The van der Waals surface area contributed by atoms with Crippen molar-refractivity contribution in [3.05, 3.63) is 106 Å². The molecule has 0 aromatic heterocycles. The molecule has 0 fully saturated rings. The molecule has 0 N–H and O–H groups in total. The quantitative estimate of drug-likeness (QED) is 0.224. The van der Waals surface area contributed by atoms with E-state index in [4.69, 9.17) is 0 Å². The minimum absolute atomic E-state index is 0. The summed E-state index contributed by atoms with van der Waals surface area (Å²) in [6.07, 6.45) is 4.08. The summed E-state index contributed by atoms with van der Waals surface area (Å²) in [6.45, 7) is 14.5. The fraction of sp³-hybridized carbons (Fsp3) is 0.400. The van der Waals surface area contributed by atoms with Crippen molar-refractivity contribution >= 4 is 11.4 Å². The van der Waals surface area contributed by atoms with Crippen LogP contribution in [0.25, 0.3) is 10.6 Å². The Bertz CT molecular complexity index is 863. The molecule has 0 bridgehead atoms. The molecule has 0 amide bonds. The van der Waals surface area contributed by atoms with Gasteiger partial charge in [-0.25, -0.2) is 0 Å². The van der Waals surface area contributed by atoms with E-state index in [9.17, 15) is 0 Å². The van der Waals surface area contributed by atoms with Gasteiger partial charge in [0, 0.05) is 14.1 Å². The zero-order valence-electron chi connectivity index (χ0n) is 22.6. The first-order valence-corrected chi connectivity index (χ1v) is 12.0. The van der Waals surface area contributed by atoms with Crippen LogP contribution in [0.4, 0.5) is 0 Å². The van der Waals surface area contributed by atoms with Crippen LogP contribution in [0.2, 0.25) is 0 Å². The van der Waals surface area contributed by atoms with Crippen molar-refractivity contribution in [1.82, 2.24) is 0 Å². The molecule has 0 saturated heterocycles. The summed E-state index contributed by atoms with van der Waals surface area (Å²) in [6, 6.07) is 20.4. The third kappa shape index (κ3) is 14.4. The Labute approximate surface area is 224 Å². The molecule has 2 aromatic carbocycles. The van der Waals surface area contributed by atoms with E-state index in [0.717, 1.165) is 47.0 Å². The molecule has 2 aromatic rings. The van der Waals surface area contributed by atoms with E-state index >= 15 is 0 Å². The van der Waals surface area contributed by atoms with Gasteiger partial charge in [-0.3, -0.25) is 9.98 Å². The number of benzene rings is 2. The van der Waals surface area contributed by atoms with Gasteiger partial charge in [0.15, 0.2) is 0 Å². The van der Waals surface area contributed by atoms with Crippen LogP contribution in [0.5, 0.6) is 0 Å². The van der Waals surface area contributed by atoms with Crippen molar-refractivity contribution in [3.63, 3.8) is 0 Å². The van der Waals surface area contributed by atoms with Crippen LogP contribution in [-0.2, 0) is 17.1 Å². The van der Waals surface area contributed by atoms with Crippen LogP contribution in [-0.4, -0.2) is 38.6 Å². The molecule has 0 heterocycles. The summed E-state index contributed by atoms with van der Waals surface area (Å²) < 4.78 is 0. The van der Waals surface area contributed by atoms with Crippen LogP contribution >= 0.6 is 0 Å². The third-order valence-corrected chi connectivity index (χ3v) is 4.72. The molecule has 193 valence electrons. The molecule has 0 atom stereocenters. The van der Waals surface area contributed by atoms with Crippen LogP contribution in [0.1, 0.15) is 52.7 Å². The number of rotatable bonds is 10. The van der Waals surface area contributed by atoms with Gasteiger partial charge in [0.05, 0.1) is 11.4 Å². The average Bonchev–Trinajstić information content (AvgIpc) is 2.84. The maximum atomic E-state index is 4.52. The number of hydrogen-bond donors (Lipinski definition) is 0. The first kappa shape index (κ1) is 32.4. The van der Waals surface area contributed by atoms with Crippen molar-refractivity contribution < 1.29 is 17.1 Å². The molecule has 5 heteroatoms. The van der Waals surface area contributed by atoms with Gasteiger partial charge in [-0.2, -0.15) is 11.4 Å². The SMILES string of the molecule is CN=C(/C=C(/C)[N-]CC(C)C)c1ccccc1.CN=C(/C=C(/C)[N-]CC(C)C)c1ccccc1.[Cu+2]. The second-order valence-electron chi connectivity index (χ2n) is 8.99. The first-order valence-electron chi connectivity index (χ1n) is 12.0. The molecule has 0 aliphatic rings. The molecule has 1 radical (unpaired) electrons. The topological polar surface area (TPSA) is 52.9 Å². The second-order valence-corrected chi connectivity index (χ2v) is 8.99. The van der Waals surface area contributed by atoms with Gasteiger partial charge in [0.2, 0.25) is 0 Å². The van der Waals surface area contributed by atoms with E-state index < -0.39 is 0 Å². The van der Waals surface area contributed by atoms with E-state index in [1.54, 1.807) is 0 Å². The fourth-order valence-electron chi connectivity index (χ4n) is 2.91. The minimum atomic E-state index is 0. The van der Waals surface area contributed by atoms with E-state index in [0.29, 0.717) is 11.8 Å². The van der Waals surface area contributed by atoms with Crippen molar-refractivity contribution in [2.45, 2.75) is 41.5 Å². The second kappa shape index (κ2) is 18.7. The van der Waals surface area contributed by atoms with E-state index in [1.807, 2.05) is 76.5 Å². The van der Waals surface area contributed by atoms with Gasteiger partial charge in [-0.15, -0.1) is 13.1 Å². The fourth-order valence-corrected chi connectivity index (χ4v) is 2.91. The summed E-state index contributed by atoms with van der Waals surface area (Å²) in [5, 5.41) is 9.03. The van der Waals surface area contributed by atoms with Crippen molar-refractivity contribution in [3.8, 4) is 0 Å². The summed E-state index contributed by atoms with van der Waals surface area (Å²) >= 11 is 0. The Balaban J connectivity index is 0.000000642. The molecular weight excluding hydrogens is 480 g/mol. The zero-order valence-corrected chi connectivity index (χ0v) is 23.5. The first-order chi connectivity index (χ1) is 16.3. The normalized spacial score (nSPS) is 12.6. The number of aliphatic imine (C=N–C) groups is 2. The van der Waals surface area contributed by atoms with Gasteiger partial charge >= 0.3 is 17.1 Å². The van der Waals surface area contributed by atoms with Gasteiger partial charge < -0.3 is 10.6 Å². The molecule has 0 spiro atoms. The summed E-state index contributed by atoms with van der Waals surface area (Å²) in [5.74, 6) is 1.19. The van der Waals surface area contributed by atoms with Crippen molar-refractivity contribution in [1.29, 1.82) is 0 Å². The summed E-state index contributed by atoms with van der Waals surface area (Å²) in [5.41, 5.74) is 6.29. The number of nitrogens with zero attached hydrogens (tertiary/aromatic N) is 4. The zero-order chi connectivity index (χ0) is 25.3. The third-order valence-electron chi connectivity index (χ3n) is 4.72. The Morgan fingerprint density at radius 2 is 0.971 bits per heavy atom. The molecular formula is C30H42CuN4. The monoisotopic (exact) mass is 521 g/mol. The van der Waals surface area contributed by atoms with Gasteiger partial charge in [0.1, 0.15) is 0 Å². The minimum Gasteiger partial charge on any atom is -0.688 e. The smallest absolute Gasteiger partial charge is 0.688 e. The van der Waals surface area contributed by atoms with Crippen LogP contribution in [0.3, 0.4) is 0 Å².